The average molecular weight is 292 g/mol. The highest BCUT2D eigenvalue weighted by molar-refractivity contribution is 6.30. The second-order valence-corrected chi connectivity index (χ2v) is 5.50. The van der Waals surface area contributed by atoms with E-state index in [0.29, 0.717) is 12.0 Å². The molecular weight excluding hydrogens is 273 g/mol. The molecule has 20 heavy (non-hydrogen) atoms. The van der Waals surface area contributed by atoms with Crippen molar-refractivity contribution in [1.29, 1.82) is 0 Å². The summed E-state index contributed by atoms with van der Waals surface area (Å²) in [6.45, 7) is 2.08. The van der Waals surface area contributed by atoms with Crippen LogP contribution in [0.2, 0.25) is 5.02 Å². The van der Waals surface area contributed by atoms with Crippen LogP contribution in [0.3, 0.4) is 0 Å². The molecule has 0 aliphatic carbocycles. The van der Waals surface area contributed by atoms with E-state index in [1.807, 2.05) is 7.05 Å². The third-order valence-electron chi connectivity index (χ3n) is 3.47. The number of likely N-dealkylation sites (N-methyl/N-ethyl adjacent to an activating group) is 1. The van der Waals surface area contributed by atoms with Gasteiger partial charge in [0.25, 0.3) is 0 Å². The Morgan fingerprint density at radius 3 is 2.60 bits per heavy atom. The summed E-state index contributed by atoms with van der Waals surface area (Å²) in [6, 6.07) is 13.7. The van der Waals surface area contributed by atoms with Gasteiger partial charge in [0.2, 0.25) is 0 Å². The molecule has 2 rings (SSSR count). The minimum Gasteiger partial charge on any atom is -0.316 e. The summed E-state index contributed by atoms with van der Waals surface area (Å²) in [5, 5.41) is 3.44. The molecule has 106 valence electrons. The first kappa shape index (κ1) is 15.0. The molecule has 2 aromatic carbocycles. The van der Waals surface area contributed by atoms with Crippen molar-refractivity contribution >= 4 is 11.6 Å². The molecule has 2 aromatic rings. The standard InChI is InChI=1S/C17H19ClFN/c1-12-5-3-6-13(9-12)10-15(20-2)11-14-7-4-8-16(18)17(14)19/h3-9,15,20H,10-11H2,1-2H3. The normalized spacial score (nSPS) is 12.4. The lowest BCUT2D eigenvalue weighted by Crippen LogP contribution is -2.30. The van der Waals surface area contributed by atoms with E-state index >= 15 is 0 Å². The van der Waals surface area contributed by atoms with E-state index < -0.39 is 0 Å². The highest BCUT2D eigenvalue weighted by Gasteiger charge is 2.13. The summed E-state index contributed by atoms with van der Waals surface area (Å²) in [4.78, 5) is 0. The molecule has 0 aliphatic heterocycles. The molecule has 0 bridgehead atoms. The first-order chi connectivity index (χ1) is 9.60. The van der Waals surface area contributed by atoms with Crippen molar-refractivity contribution in [3.63, 3.8) is 0 Å². The van der Waals surface area contributed by atoms with Gasteiger partial charge in [-0.15, -0.1) is 0 Å². The van der Waals surface area contributed by atoms with Crippen molar-refractivity contribution in [3.05, 3.63) is 70.0 Å². The smallest absolute Gasteiger partial charge is 0.145 e. The molecule has 0 saturated heterocycles. The van der Waals surface area contributed by atoms with E-state index in [1.54, 1.807) is 18.2 Å². The van der Waals surface area contributed by atoms with Gasteiger partial charge in [-0.3, -0.25) is 0 Å². The fourth-order valence-electron chi connectivity index (χ4n) is 2.37. The fourth-order valence-corrected chi connectivity index (χ4v) is 2.57. The van der Waals surface area contributed by atoms with Crippen LogP contribution in [-0.2, 0) is 12.8 Å². The maximum atomic E-state index is 13.9. The zero-order chi connectivity index (χ0) is 14.5. The van der Waals surface area contributed by atoms with E-state index in [0.717, 1.165) is 6.42 Å². The minimum atomic E-state index is -0.307. The maximum Gasteiger partial charge on any atom is 0.145 e. The van der Waals surface area contributed by atoms with Gasteiger partial charge in [-0.1, -0.05) is 53.6 Å². The monoisotopic (exact) mass is 291 g/mol. The molecule has 1 nitrogen and oxygen atoms in total. The Kier molecular flexibility index (Phi) is 5.16. The molecule has 1 unspecified atom stereocenters. The predicted octanol–water partition coefficient (Wildman–Crippen LogP) is 4.16. The summed E-state index contributed by atoms with van der Waals surface area (Å²) in [7, 11) is 1.91. The second-order valence-electron chi connectivity index (χ2n) is 5.10. The van der Waals surface area contributed by atoms with Gasteiger partial charge in [0.1, 0.15) is 5.82 Å². The van der Waals surface area contributed by atoms with Crippen molar-refractivity contribution in [2.75, 3.05) is 7.05 Å². The number of halogens is 2. The fraction of sp³-hybridized carbons (Fsp3) is 0.294. The number of aryl methyl sites for hydroxylation is 1. The number of rotatable bonds is 5. The highest BCUT2D eigenvalue weighted by atomic mass is 35.5. The first-order valence-electron chi connectivity index (χ1n) is 6.76. The molecule has 0 radical (unpaired) electrons. The van der Waals surface area contributed by atoms with Crippen LogP contribution >= 0.6 is 11.6 Å². The van der Waals surface area contributed by atoms with Crippen molar-refractivity contribution in [2.24, 2.45) is 0 Å². The summed E-state index contributed by atoms with van der Waals surface area (Å²) in [5.74, 6) is -0.307. The van der Waals surface area contributed by atoms with Gasteiger partial charge in [-0.05, 0) is 44.0 Å². The van der Waals surface area contributed by atoms with Gasteiger partial charge in [0, 0.05) is 6.04 Å². The minimum absolute atomic E-state index is 0.185. The quantitative estimate of drug-likeness (QED) is 0.872. The van der Waals surface area contributed by atoms with Crippen LogP contribution in [0.15, 0.2) is 42.5 Å². The Labute approximate surface area is 124 Å². The van der Waals surface area contributed by atoms with Gasteiger partial charge in [0.05, 0.1) is 5.02 Å². The Bertz CT molecular complexity index is 583. The lowest BCUT2D eigenvalue weighted by atomic mass is 9.98. The SMILES string of the molecule is CNC(Cc1cccc(C)c1)Cc1cccc(Cl)c1F. The van der Waals surface area contributed by atoms with E-state index in [2.05, 4.69) is 36.5 Å². The molecule has 1 N–H and O–H groups in total. The Morgan fingerprint density at radius 2 is 1.90 bits per heavy atom. The van der Waals surface area contributed by atoms with Crippen LogP contribution in [0.4, 0.5) is 4.39 Å². The summed E-state index contributed by atoms with van der Waals surface area (Å²) >= 11 is 5.83. The van der Waals surface area contributed by atoms with Gasteiger partial charge < -0.3 is 5.32 Å². The second kappa shape index (κ2) is 6.87. The number of hydrogen-bond donors (Lipinski definition) is 1. The van der Waals surface area contributed by atoms with Crippen molar-refractivity contribution in [1.82, 2.24) is 5.32 Å². The number of hydrogen-bond acceptors (Lipinski definition) is 1. The molecule has 3 heteroatoms. The molecule has 0 aliphatic rings. The molecule has 0 spiro atoms. The van der Waals surface area contributed by atoms with E-state index in [9.17, 15) is 4.39 Å². The third kappa shape index (κ3) is 3.81. The lowest BCUT2D eigenvalue weighted by molar-refractivity contribution is 0.532. The lowest BCUT2D eigenvalue weighted by Gasteiger charge is -2.17. The molecule has 0 fully saturated rings. The highest BCUT2D eigenvalue weighted by Crippen LogP contribution is 2.20. The summed E-state index contributed by atoms with van der Waals surface area (Å²) in [5.41, 5.74) is 3.16. The zero-order valence-electron chi connectivity index (χ0n) is 11.8. The van der Waals surface area contributed by atoms with Crippen molar-refractivity contribution in [2.45, 2.75) is 25.8 Å². The molecular formula is C17H19ClFN. The van der Waals surface area contributed by atoms with Crippen LogP contribution < -0.4 is 5.32 Å². The van der Waals surface area contributed by atoms with E-state index in [4.69, 9.17) is 11.6 Å². The Balaban J connectivity index is 2.11. The summed E-state index contributed by atoms with van der Waals surface area (Å²) in [6.07, 6.45) is 1.49. The van der Waals surface area contributed by atoms with Crippen LogP contribution in [0, 0.1) is 12.7 Å². The molecule has 0 amide bonds. The molecule has 0 saturated carbocycles. The van der Waals surface area contributed by atoms with Gasteiger partial charge in [-0.2, -0.15) is 0 Å². The Morgan fingerprint density at radius 1 is 1.15 bits per heavy atom. The molecule has 0 aromatic heterocycles. The van der Waals surface area contributed by atoms with Crippen LogP contribution in [0.25, 0.3) is 0 Å². The van der Waals surface area contributed by atoms with Crippen LogP contribution in [0.1, 0.15) is 16.7 Å². The van der Waals surface area contributed by atoms with E-state index in [-0.39, 0.29) is 16.9 Å². The zero-order valence-corrected chi connectivity index (χ0v) is 12.5. The maximum absolute atomic E-state index is 13.9. The average Bonchev–Trinajstić information content (AvgIpc) is 2.43. The molecule has 1 atom stereocenters. The first-order valence-corrected chi connectivity index (χ1v) is 7.13. The van der Waals surface area contributed by atoms with Crippen LogP contribution in [-0.4, -0.2) is 13.1 Å². The predicted molar refractivity (Wildman–Crippen MR) is 82.8 cm³/mol. The molecule has 0 heterocycles. The van der Waals surface area contributed by atoms with Gasteiger partial charge in [0.15, 0.2) is 0 Å². The van der Waals surface area contributed by atoms with Crippen LogP contribution in [0.5, 0.6) is 0 Å². The topological polar surface area (TPSA) is 12.0 Å². The number of nitrogens with one attached hydrogen (secondary N) is 1. The van der Waals surface area contributed by atoms with Gasteiger partial charge in [-0.25, -0.2) is 4.39 Å². The van der Waals surface area contributed by atoms with Crippen molar-refractivity contribution in [3.8, 4) is 0 Å². The number of benzene rings is 2. The summed E-state index contributed by atoms with van der Waals surface area (Å²) < 4.78 is 13.9. The Hall–Kier alpha value is -1.38. The third-order valence-corrected chi connectivity index (χ3v) is 3.76. The largest absolute Gasteiger partial charge is 0.316 e. The van der Waals surface area contributed by atoms with Gasteiger partial charge >= 0.3 is 0 Å². The van der Waals surface area contributed by atoms with E-state index in [1.165, 1.54) is 11.1 Å². The van der Waals surface area contributed by atoms with Crippen molar-refractivity contribution < 1.29 is 4.39 Å².